The molecule has 0 aromatic heterocycles. The standard InChI is InChI=1S/C4H8Cl2N/c5-2-1-4(6)3-7/h4,7H,1-3H2. The first-order valence-electron chi connectivity index (χ1n) is 2.16. The van der Waals surface area contributed by atoms with Crippen LogP contribution in [0.25, 0.3) is 0 Å². The molecule has 0 saturated heterocycles. The Kier molecular flexibility index (Phi) is 5.05. The average Bonchev–Trinajstić information content (AvgIpc) is 1.68. The Balaban J connectivity index is 2.83. The van der Waals surface area contributed by atoms with Crippen molar-refractivity contribution in [3.8, 4) is 0 Å². The van der Waals surface area contributed by atoms with Crippen molar-refractivity contribution in [2.45, 2.75) is 11.8 Å². The van der Waals surface area contributed by atoms with E-state index < -0.39 is 0 Å². The zero-order chi connectivity index (χ0) is 5.70. The van der Waals surface area contributed by atoms with Gasteiger partial charge in [-0.1, -0.05) is 0 Å². The maximum absolute atomic E-state index is 6.72. The summed E-state index contributed by atoms with van der Waals surface area (Å²) < 4.78 is 0. The smallest absolute Gasteiger partial charge is 0.0485 e. The highest BCUT2D eigenvalue weighted by Crippen LogP contribution is 2.00. The monoisotopic (exact) mass is 140 g/mol. The van der Waals surface area contributed by atoms with Crippen LogP contribution in [0, 0.1) is 0 Å². The Hall–Kier alpha value is 0.540. The molecule has 1 nitrogen and oxygen atoms in total. The topological polar surface area (TPSA) is 23.8 Å². The molecule has 7 heavy (non-hydrogen) atoms. The van der Waals surface area contributed by atoms with Gasteiger partial charge >= 0.3 is 0 Å². The largest absolute Gasteiger partial charge is 0.256 e. The highest BCUT2D eigenvalue weighted by molar-refractivity contribution is 6.22. The summed E-state index contributed by atoms with van der Waals surface area (Å²) >= 11 is 10.8. The maximum atomic E-state index is 6.72. The van der Waals surface area contributed by atoms with Crippen LogP contribution in [0.3, 0.4) is 0 Å². The summed E-state index contributed by atoms with van der Waals surface area (Å²) in [7, 11) is 0. The van der Waals surface area contributed by atoms with E-state index >= 15 is 0 Å². The summed E-state index contributed by atoms with van der Waals surface area (Å²) in [4.78, 5) is 0. The van der Waals surface area contributed by atoms with E-state index in [1.54, 1.807) is 0 Å². The number of rotatable bonds is 3. The summed E-state index contributed by atoms with van der Waals surface area (Å²) in [6, 6.07) is 0. The van der Waals surface area contributed by atoms with Gasteiger partial charge in [0.15, 0.2) is 0 Å². The van der Waals surface area contributed by atoms with Gasteiger partial charge in [-0.2, -0.15) is 0 Å². The molecule has 0 spiro atoms. The van der Waals surface area contributed by atoms with E-state index in [4.69, 9.17) is 28.9 Å². The SMILES string of the molecule is [NH]CC(Cl)CCCl. The third-order valence-electron chi connectivity index (χ3n) is 0.644. The first kappa shape index (κ1) is 7.54. The van der Waals surface area contributed by atoms with Crippen molar-refractivity contribution in [3.05, 3.63) is 0 Å². The van der Waals surface area contributed by atoms with Gasteiger partial charge < -0.3 is 0 Å². The van der Waals surface area contributed by atoms with Gasteiger partial charge in [0.1, 0.15) is 0 Å². The lowest BCUT2D eigenvalue weighted by Crippen LogP contribution is -2.05. The van der Waals surface area contributed by atoms with Crippen LogP contribution in [-0.4, -0.2) is 17.8 Å². The first-order chi connectivity index (χ1) is 3.31. The predicted molar refractivity (Wildman–Crippen MR) is 32.9 cm³/mol. The van der Waals surface area contributed by atoms with Gasteiger partial charge in [-0.25, -0.2) is 0 Å². The van der Waals surface area contributed by atoms with Crippen molar-refractivity contribution in [2.75, 3.05) is 12.4 Å². The van der Waals surface area contributed by atoms with Crippen LogP contribution in [-0.2, 0) is 0 Å². The first-order valence-corrected chi connectivity index (χ1v) is 3.13. The summed E-state index contributed by atoms with van der Waals surface area (Å²) in [6.45, 7) is 0.272. The van der Waals surface area contributed by atoms with Gasteiger partial charge in [0, 0.05) is 17.8 Å². The second-order valence-corrected chi connectivity index (χ2v) is 2.27. The quantitative estimate of drug-likeness (QED) is 0.532. The Morgan fingerprint density at radius 1 is 1.57 bits per heavy atom. The molecule has 0 aliphatic carbocycles. The molecule has 0 aromatic rings. The molecule has 1 N–H and O–H groups in total. The molecule has 1 radical (unpaired) electrons. The second-order valence-electron chi connectivity index (χ2n) is 1.28. The number of halogens is 2. The second kappa shape index (κ2) is 4.69. The average molecular weight is 141 g/mol. The zero-order valence-electron chi connectivity index (χ0n) is 3.95. The fourth-order valence-electron chi connectivity index (χ4n) is 0.220. The zero-order valence-corrected chi connectivity index (χ0v) is 5.47. The molecule has 0 bridgehead atoms. The van der Waals surface area contributed by atoms with Gasteiger partial charge in [-0.3, -0.25) is 5.73 Å². The summed E-state index contributed by atoms with van der Waals surface area (Å²) in [6.07, 6.45) is 0.743. The summed E-state index contributed by atoms with van der Waals surface area (Å²) in [5.41, 5.74) is 6.72. The summed E-state index contributed by atoms with van der Waals surface area (Å²) in [5, 5.41) is -0.0440. The van der Waals surface area contributed by atoms with Gasteiger partial charge in [-0.05, 0) is 6.42 Å². The Morgan fingerprint density at radius 2 is 2.14 bits per heavy atom. The third-order valence-corrected chi connectivity index (χ3v) is 1.23. The number of alkyl halides is 2. The highest BCUT2D eigenvalue weighted by atomic mass is 35.5. The number of hydrogen-bond donors (Lipinski definition) is 0. The molecule has 0 aromatic carbocycles. The molecule has 43 valence electrons. The molecule has 0 heterocycles. The Labute approximate surface area is 53.8 Å². The van der Waals surface area contributed by atoms with Crippen molar-refractivity contribution in [1.82, 2.24) is 5.73 Å². The van der Waals surface area contributed by atoms with Crippen LogP contribution in [0.15, 0.2) is 0 Å². The van der Waals surface area contributed by atoms with Crippen LogP contribution < -0.4 is 5.73 Å². The molecule has 0 fully saturated rings. The predicted octanol–water partition coefficient (Wildman–Crippen LogP) is 1.51. The van der Waals surface area contributed by atoms with Crippen LogP contribution in [0.5, 0.6) is 0 Å². The van der Waals surface area contributed by atoms with E-state index in [9.17, 15) is 0 Å². The third kappa shape index (κ3) is 4.39. The van der Waals surface area contributed by atoms with Crippen LogP contribution >= 0.6 is 23.2 Å². The lowest BCUT2D eigenvalue weighted by atomic mass is 10.3. The van der Waals surface area contributed by atoms with Gasteiger partial charge in [0.05, 0.1) is 0 Å². The van der Waals surface area contributed by atoms with Crippen molar-refractivity contribution in [3.63, 3.8) is 0 Å². The number of hydrogen-bond acceptors (Lipinski definition) is 0. The lowest BCUT2D eigenvalue weighted by molar-refractivity contribution is 0.807. The van der Waals surface area contributed by atoms with E-state index in [2.05, 4.69) is 0 Å². The molecule has 1 unspecified atom stereocenters. The molecule has 0 aliphatic heterocycles. The highest BCUT2D eigenvalue weighted by Gasteiger charge is 1.97. The minimum atomic E-state index is -0.0440. The van der Waals surface area contributed by atoms with E-state index in [0.29, 0.717) is 5.88 Å². The van der Waals surface area contributed by atoms with E-state index in [1.807, 2.05) is 0 Å². The molecule has 0 rings (SSSR count). The lowest BCUT2D eigenvalue weighted by Gasteiger charge is -1.98. The molecular weight excluding hydrogens is 133 g/mol. The van der Waals surface area contributed by atoms with Crippen molar-refractivity contribution in [2.24, 2.45) is 0 Å². The minimum Gasteiger partial charge on any atom is -0.256 e. The van der Waals surface area contributed by atoms with E-state index in [1.165, 1.54) is 0 Å². The van der Waals surface area contributed by atoms with Gasteiger partial charge in [-0.15, -0.1) is 23.2 Å². The van der Waals surface area contributed by atoms with Crippen molar-refractivity contribution >= 4 is 23.2 Å². The fourth-order valence-corrected chi connectivity index (χ4v) is 0.705. The molecule has 0 saturated carbocycles. The number of nitrogens with one attached hydrogen (secondary N) is 1. The Morgan fingerprint density at radius 3 is 2.29 bits per heavy atom. The summed E-state index contributed by atoms with van der Waals surface area (Å²) in [5.74, 6) is 0.563. The van der Waals surface area contributed by atoms with Crippen LogP contribution in [0.1, 0.15) is 6.42 Å². The maximum Gasteiger partial charge on any atom is 0.0485 e. The Bertz CT molecular complexity index is 40.7. The molecule has 0 amide bonds. The molecular formula is C4H8Cl2N. The normalized spacial score (nSPS) is 14.1. The fraction of sp³-hybridized carbons (Fsp3) is 1.00. The molecule has 0 aliphatic rings. The van der Waals surface area contributed by atoms with Gasteiger partial charge in [0.2, 0.25) is 0 Å². The van der Waals surface area contributed by atoms with Crippen LogP contribution in [0.4, 0.5) is 0 Å². The minimum absolute atomic E-state index is 0.0440. The van der Waals surface area contributed by atoms with E-state index in [0.717, 1.165) is 6.42 Å². The van der Waals surface area contributed by atoms with Crippen LogP contribution in [0.2, 0.25) is 0 Å². The molecule has 3 heteroatoms. The van der Waals surface area contributed by atoms with E-state index in [-0.39, 0.29) is 11.9 Å². The van der Waals surface area contributed by atoms with Crippen molar-refractivity contribution < 1.29 is 0 Å². The molecule has 1 atom stereocenters. The van der Waals surface area contributed by atoms with Crippen molar-refractivity contribution in [1.29, 1.82) is 0 Å². The van der Waals surface area contributed by atoms with Gasteiger partial charge in [0.25, 0.3) is 0 Å².